The highest BCUT2D eigenvalue weighted by atomic mass is 35.5. The number of rotatable bonds is 0. The van der Waals surface area contributed by atoms with Crippen LogP contribution in [0.2, 0.25) is 5.15 Å². The van der Waals surface area contributed by atoms with E-state index < -0.39 is 0 Å². The Labute approximate surface area is 101 Å². The van der Waals surface area contributed by atoms with Crippen LogP contribution in [0.15, 0.2) is 24.4 Å². The van der Waals surface area contributed by atoms with Crippen molar-refractivity contribution in [2.75, 3.05) is 0 Å². The molecule has 0 unspecified atom stereocenters. The van der Waals surface area contributed by atoms with E-state index >= 15 is 0 Å². The van der Waals surface area contributed by atoms with Crippen molar-refractivity contribution in [3.05, 3.63) is 40.7 Å². The zero-order valence-electron chi connectivity index (χ0n) is 10.1. The van der Waals surface area contributed by atoms with Gasteiger partial charge in [0.25, 0.3) is 0 Å². The zero-order chi connectivity index (χ0) is 11.9. The van der Waals surface area contributed by atoms with E-state index in [1.54, 1.807) is 0 Å². The van der Waals surface area contributed by atoms with Crippen LogP contribution in [-0.4, -0.2) is 4.98 Å². The molecule has 1 aromatic carbocycles. The minimum atomic E-state index is 0.0869. The molecule has 16 heavy (non-hydrogen) atoms. The number of aryl methyl sites for hydroxylation is 1. The van der Waals surface area contributed by atoms with Gasteiger partial charge < -0.3 is 0 Å². The second-order valence-corrected chi connectivity index (χ2v) is 5.62. The van der Waals surface area contributed by atoms with Gasteiger partial charge in [0.2, 0.25) is 0 Å². The molecule has 1 aromatic heterocycles. The Morgan fingerprint density at radius 3 is 2.44 bits per heavy atom. The fourth-order valence-corrected chi connectivity index (χ4v) is 2.13. The van der Waals surface area contributed by atoms with E-state index in [0.717, 1.165) is 5.39 Å². The van der Waals surface area contributed by atoms with E-state index in [9.17, 15) is 0 Å². The van der Waals surface area contributed by atoms with Gasteiger partial charge in [0.15, 0.2) is 0 Å². The molecule has 1 nitrogen and oxygen atoms in total. The summed E-state index contributed by atoms with van der Waals surface area (Å²) < 4.78 is 0. The number of halogens is 1. The quantitative estimate of drug-likeness (QED) is 0.611. The monoisotopic (exact) mass is 233 g/mol. The van der Waals surface area contributed by atoms with Crippen LogP contribution in [0.3, 0.4) is 0 Å². The lowest BCUT2D eigenvalue weighted by Gasteiger charge is -2.21. The third-order valence-electron chi connectivity index (χ3n) is 2.80. The molecule has 2 heteroatoms. The summed E-state index contributed by atoms with van der Waals surface area (Å²) >= 11 is 6.12. The highest BCUT2D eigenvalue weighted by Gasteiger charge is 2.18. The lowest BCUT2D eigenvalue weighted by molar-refractivity contribution is 0.593. The van der Waals surface area contributed by atoms with E-state index in [1.165, 1.54) is 16.5 Å². The van der Waals surface area contributed by atoms with Crippen molar-refractivity contribution >= 4 is 22.4 Å². The topological polar surface area (TPSA) is 12.9 Å². The molecule has 0 amide bonds. The second kappa shape index (κ2) is 3.74. The average Bonchev–Trinajstić information content (AvgIpc) is 2.15. The highest BCUT2D eigenvalue weighted by Crippen LogP contribution is 2.32. The summed E-state index contributed by atoms with van der Waals surface area (Å²) in [7, 11) is 0. The summed E-state index contributed by atoms with van der Waals surface area (Å²) in [6, 6.07) is 6.31. The molecule has 0 saturated heterocycles. The molecule has 0 N–H and O–H groups in total. The first-order valence-electron chi connectivity index (χ1n) is 5.45. The van der Waals surface area contributed by atoms with Crippen molar-refractivity contribution < 1.29 is 0 Å². The van der Waals surface area contributed by atoms with Crippen LogP contribution >= 0.6 is 11.6 Å². The van der Waals surface area contributed by atoms with Gasteiger partial charge in [-0.05, 0) is 23.3 Å². The van der Waals surface area contributed by atoms with E-state index in [2.05, 4.69) is 50.9 Å². The van der Waals surface area contributed by atoms with Crippen LogP contribution in [0.25, 0.3) is 10.8 Å². The number of benzene rings is 1. The molecule has 0 aliphatic rings. The average molecular weight is 234 g/mol. The van der Waals surface area contributed by atoms with Crippen LogP contribution in [0.5, 0.6) is 0 Å². The SMILES string of the molecule is Cc1ccc2c(Cl)ncc(C(C)(C)C)c2c1. The van der Waals surface area contributed by atoms with Gasteiger partial charge >= 0.3 is 0 Å². The Kier molecular flexibility index (Phi) is 2.67. The van der Waals surface area contributed by atoms with Crippen molar-refractivity contribution in [1.82, 2.24) is 4.98 Å². The van der Waals surface area contributed by atoms with Crippen LogP contribution < -0.4 is 0 Å². The van der Waals surface area contributed by atoms with E-state index in [-0.39, 0.29) is 5.41 Å². The highest BCUT2D eigenvalue weighted by molar-refractivity contribution is 6.34. The molecular weight excluding hydrogens is 218 g/mol. The van der Waals surface area contributed by atoms with Crippen LogP contribution in [0.4, 0.5) is 0 Å². The molecule has 0 aliphatic carbocycles. The molecule has 0 saturated carbocycles. The van der Waals surface area contributed by atoms with Crippen LogP contribution in [0, 0.1) is 6.92 Å². The third kappa shape index (κ3) is 1.92. The Hall–Kier alpha value is -1.08. The molecule has 2 rings (SSSR count). The molecule has 0 fully saturated rings. The van der Waals surface area contributed by atoms with Gasteiger partial charge in [-0.2, -0.15) is 0 Å². The molecule has 0 bridgehead atoms. The summed E-state index contributed by atoms with van der Waals surface area (Å²) in [5.41, 5.74) is 2.58. The maximum absolute atomic E-state index is 6.12. The van der Waals surface area contributed by atoms with E-state index in [0.29, 0.717) is 5.15 Å². The Morgan fingerprint density at radius 2 is 1.81 bits per heavy atom. The zero-order valence-corrected chi connectivity index (χ0v) is 10.9. The number of pyridine rings is 1. The van der Waals surface area contributed by atoms with E-state index in [1.807, 2.05) is 6.20 Å². The Bertz CT molecular complexity index is 538. The Morgan fingerprint density at radius 1 is 1.12 bits per heavy atom. The standard InChI is InChI=1S/C14H16ClN/c1-9-5-6-10-11(7-9)12(14(2,3)4)8-16-13(10)15/h5-8H,1-4H3. The molecule has 1 heterocycles. The summed E-state index contributed by atoms with van der Waals surface area (Å²) in [6.07, 6.45) is 1.89. The van der Waals surface area contributed by atoms with Gasteiger partial charge in [-0.1, -0.05) is 56.1 Å². The smallest absolute Gasteiger partial charge is 0.136 e. The first-order valence-corrected chi connectivity index (χ1v) is 5.83. The lowest BCUT2D eigenvalue weighted by atomic mass is 9.85. The number of hydrogen-bond donors (Lipinski definition) is 0. The van der Waals surface area contributed by atoms with Crippen molar-refractivity contribution in [2.45, 2.75) is 33.1 Å². The van der Waals surface area contributed by atoms with Gasteiger partial charge in [-0.25, -0.2) is 4.98 Å². The predicted molar refractivity (Wildman–Crippen MR) is 70.2 cm³/mol. The molecule has 0 atom stereocenters. The second-order valence-electron chi connectivity index (χ2n) is 5.26. The number of nitrogens with zero attached hydrogens (tertiary/aromatic N) is 1. The van der Waals surface area contributed by atoms with Gasteiger partial charge in [0, 0.05) is 11.6 Å². The molecular formula is C14H16ClN. The maximum Gasteiger partial charge on any atom is 0.136 e. The van der Waals surface area contributed by atoms with Crippen molar-refractivity contribution in [3.8, 4) is 0 Å². The third-order valence-corrected chi connectivity index (χ3v) is 3.10. The van der Waals surface area contributed by atoms with E-state index in [4.69, 9.17) is 11.6 Å². The lowest BCUT2D eigenvalue weighted by Crippen LogP contribution is -2.12. The summed E-state index contributed by atoms with van der Waals surface area (Å²) in [4.78, 5) is 4.27. The molecule has 0 radical (unpaired) electrons. The fourth-order valence-electron chi connectivity index (χ4n) is 1.92. The van der Waals surface area contributed by atoms with Crippen LogP contribution in [0.1, 0.15) is 31.9 Å². The van der Waals surface area contributed by atoms with Gasteiger partial charge in [0.05, 0.1) is 0 Å². The summed E-state index contributed by atoms with van der Waals surface area (Å²) in [5.74, 6) is 0. The number of fused-ring (bicyclic) bond motifs is 1. The molecule has 0 spiro atoms. The molecule has 2 aromatic rings. The Balaban J connectivity index is 2.86. The molecule has 0 aliphatic heterocycles. The van der Waals surface area contributed by atoms with Crippen molar-refractivity contribution in [2.24, 2.45) is 0 Å². The van der Waals surface area contributed by atoms with Crippen molar-refractivity contribution in [3.63, 3.8) is 0 Å². The minimum Gasteiger partial charge on any atom is -0.244 e. The maximum atomic E-state index is 6.12. The summed E-state index contributed by atoms with van der Waals surface area (Å²) in [6.45, 7) is 8.68. The predicted octanol–water partition coefficient (Wildman–Crippen LogP) is 4.49. The van der Waals surface area contributed by atoms with Crippen molar-refractivity contribution in [1.29, 1.82) is 0 Å². The first-order chi connectivity index (χ1) is 7.39. The minimum absolute atomic E-state index is 0.0869. The van der Waals surface area contributed by atoms with Gasteiger partial charge in [-0.3, -0.25) is 0 Å². The first kappa shape index (κ1) is 11.4. The normalized spacial score (nSPS) is 12.1. The summed E-state index contributed by atoms with van der Waals surface area (Å²) in [5, 5.41) is 2.84. The molecule has 84 valence electrons. The van der Waals surface area contributed by atoms with Gasteiger partial charge in [-0.15, -0.1) is 0 Å². The van der Waals surface area contributed by atoms with Crippen LogP contribution in [-0.2, 0) is 5.41 Å². The fraction of sp³-hybridized carbons (Fsp3) is 0.357. The largest absolute Gasteiger partial charge is 0.244 e. The number of aromatic nitrogens is 1. The van der Waals surface area contributed by atoms with Gasteiger partial charge in [0.1, 0.15) is 5.15 Å². The number of hydrogen-bond acceptors (Lipinski definition) is 1.